The van der Waals surface area contributed by atoms with Crippen molar-refractivity contribution < 1.29 is 17.6 Å². The van der Waals surface area contributed by atoms with Gasteiger partial charge in [-0.1, -0.05) is 17.7 Å². The van der Waals surface area contributed by atoms with Crippen molar-refractivity contribution in [1.29, 1.82) is 0 Å². The fourth-order valence-corrected chi connectivity index (χ4v) is 1.98. The molecule has 0 aliphatic heterocycles. The van der Waals surface area contributed by atoms with Gasteiger partial charge in [-0.25, -0.2) is 4.39 Å². The summed E-state index contributed by atoms with van der Waals surface area (Å²) in [7, 11) is 0. The number of nitrogens with zero attached hydrogens (tertiary/aromatic N) is 1. The monoisotopic (exact) mass is 304 g/mol. The standard InChI is InChI=1S/C13H9ClF4N2/c14-9-2-1-5-20-12(9)11(19)7-3-4-10(15)8(6-7)13(16,17)18/h1-6,11H,19H2. The highest BCUT2D eigenvalue weighted by atomic mass is 35.5. The zero-order valence-corrected chi connectivity index (χ0v) is 10.7. The van der Waals surface area contributed by atoms with Crippen LogP contribution >= 0.6 is 11.6 Å². The molecule has 2 rings (SSSR count). The summed E-state index contributed by atoms with van der Waals surface area (Å²) in [6.07, 6.45) is -3.36. The Balaban J connectivity index is 2.46. The van der Waals surface area contributed by atoms with E-state index < -0.39 is 23.6 Å². The van der Waals surface area contributed by atoms with Gasteiger partial charge in [-0.2, -0.15) is 13.2 Å². The number of aromatic nitrogens is 1. The molecule has 0 bridgehead atoms. The molecule has 106 valence electrons. The summed E-state index contributed by atoms with van der Waals surface area (Å²) in [6, 6.07) is 4.72. The number of hydrogen-bond donors (Lipinski definition) is 1. The van der Waals surface area contributed by atoms with E-state index >= 15 is 0 Å². The van der Waals surface area contributed by atoms with Gasteiger partial charge < -0.3 is 5.73 Å². The maximum absolute atomic E-state index is 13.2. The molecule has 2 nitrogen and oxygen atoms in total. The Morgan fingerprint density at radius 1 is 1.20 bits per heavy atom. The third-order valence-electron chi connectivity index (χ3n) is 2.74. The van der Waals surface area contributed by atoms with Crippen LogP contribution in [-0.4, -0.2) is 4.98 Å². The first kappa shape index (κ1) is 14.7. The zero-order valence-electron chi connectivity index (χ0n) is 9.96. The van der Waals surface area contributed by atoms with Gasteiger partial charge in [-0.05, 0) is 29.8 Å². The fraction of sp³-hybridized carbons (Fsp3) is 0.154. The van der Waals surface area contributed by atoms with Crippen molar-refractivity contribution in [3.63, 3.8) is 0 Å². The number of pyridine rings is 1. The lowest BCUT2D eigenvalue weighted by Crippen LogP contribution is -2.16. The molecule has 1 aromatic heterocycles. The third kappa shape index (κ3) is 2.91. The van der Waals surface area contributed by atoms with E-state index in [1.165, 1.54) is 18.3 Å². The summed E-state index contributed by atoms with van der Waals surface area (Å²) < 4.78 is 51.2. The van der Waals surface area contributed by atoms with Gasteiger partial charge >= 0.3 is 6.18 Å². The van der Waals surface area contributed by atoms with Crippen molar-refractivity contribution in [2.75, 3.05) is 0 Å². The number of rotatable bonds is 2. The SMILES string of the molecule is NC(c1ccc(F)c(C(F)(F)F)c1)c1ncccc1Cl. The second-order valence-electron chi connectivity index (χ2n) is 4.09. The van der Waals surface area contributed by atoms with E-state index in [0.717, 1.165) is 6.07 Å². The molecule has 2 aromatic rings. The van der Waals surface area contributed by atoms with Crippen molar-refractivity contribution >= 4 is 11.6 Å². The second-order valence-corrected chi connectivity index (χ2v) is 4.49. The summed E-state index contributed by atoms with van der Waals surface area (Å²) in [5.74, 6) is -1.35. The lowest BCUT2D eigenvalue weighted by atomic mass is 10.0. The van der Waals surface area contributed by atoms with Crippen molar-refractivity contribution in [3.8, 4) is 0 Å². The molecule has 0 fully saturated rings. The van der Waals surface area contributed by atoms with E-state index in [4.69, 9.17) is 17.3 Å². The first-order chi connectivity index (χ1) is 9.30. The zero-order chi connectivity index (χ0) is 14.9. The van der Waals surface area contributed by atoms with Crippen molar-refractivity contribution in [2.24, 2.45) is 5.73 Å². The van der Waals surface area contributed by atoms with Gasteiger partial charge in [0.2, 0.25) is 0 Å². The van der Waals surface area contributed by atoms with Crippen molar-refractivity contribution in [3.05, 3.63) is 64.2 Å². The quantitative estimate of drug-likeness (QED) is 0.854. The van der Waals surface area contributed by atoms with Gasteiger partial charge in [0.25, 0.3) is 0 Å². The number of halogens is 5. The highest BCUT2D eigenvalue weighted by Crippen LogP contribution is 2.34. The van der Waals surface area contributed by atoms with Gasteiger partial charge in [-0.15, -0.1) is 0 Å². The summed E-state index contributed by atoms with van der Waals surface area (Å²) in [5, 5.41) is 0.234. The van der Waals surface area contributed by atoms with Crippen LogP contribution in [0.2, 0.25) is 5.02 Å². The van der Waals surface area contributed by atoms with E-state index in [-0.39, 0.29) is 16.3 Å². The molecular weight excluding hydrogens is 296 g/mol. The van der Waals surface area contributed by atoms with Gasteiger partial charge in [0.15, 0.2) is 0 Å². The normalized spacial score (nSPS) is 13.3. The predicted octanol–water partition coefficient (Wildman–Crippen LogP) is 3.94. The summed E-state index contributed by atoms with van der Waals surface area (Å²) in [6.45, 7) is 0. The molecule has 1 unspecified atom stereocenters. The van der Waals surface area contributed by atoms with Gasteiger partial charge in [0, 0.05) is 6.20 Å². The molecule has 1 aromatic carbocycles. The lowest BCUT2D eigenvalue weighted by molar-refractivity contribution is -0.140. The highest BCUT2D eigenvalue weighted by molar-refractivity contribution is 6.31. The van der Waals surface area contributed by atoms with Crippen LogP contribution < -0.4 is 5.73 Å². The average Bonchev–Trinajstić information content (AvgIpc) is 2.37. The molecule has 0 saturated carbocycles. The number of hydrogen-bond acceptors (Lipinski definition) is 2. The molecular formula is C13H9ClF4N2. The van der Waals surface area contributed by atoms with E-state index in [1.54, 1.807) is 6.07 Å². The number of nitrogens with two attached hydrogens (primary N) is 1. The molecule has 20 heavy (non-hydrogen) atoms. The van der Waals surface area contributed by atoms with Crippen LogP contribution in [0.5, 0.6) is 0 Å². The van der Waals surface area contributed by atoms with E-state index in [0.29, 0.717) is 6.07 Å². The van der Waals surface area contributed by atoms with E-state index in [1.807, 2.05) is 0 Å². The minimum Gasteiger partial charge on any atom is -0.319 e. The van der Waals surface area contributed by atoms with Crippen LogP contribution in [0.25, 0.3) is 0 Å². The Labute approximate surface area is 117 Å². The first-order valence-electron chi connectivity index (χ1n) is 5.53. The molecule has 1 atom stereocenters. The molecule has 0 saturated heterocycles. The van der Waals surface area contributed by atoms with Gasteiger partial charge in [0.05, 0.1) is 22.3 Å². The number of benzene rings is 1. The molecule has 1 heterocycles. The molecule has 0 aliphatic rings. The second kappa shape index (κ2) is 5.38. The van der Waals surface area contributed by atoms with Crippen LogP contribution in [0.3, 0.4) is 0 Å². The van der Waals surface area contributed by atoms with Crippen LogP contribution in [0, 0.1) is 5.82 Å². The first-order valence-corrected chi connectivity index (χ1v) is 5.91. The van der Waals surface area contributed by atoms with Gasteiger partial charge in [-0.3, -0.25) is 4.98 Å². The van der Waals surface area contributed by atoms with Crippen LogP contribution in [0.1, 0.15) is 22.9 Å². The Bertz CT molecular complexity index is 628. The Morgan fingerprint density at radius 2 is 1.90 bits per heavy atom. The summed E-state index contributed by atoms with van der Waals surface area (Å²) in [5.41, 5.74) is 4.79. The minimum atomic E-state index is -4.78. The van der Waals surface area contributed by atoms with Crippen LogP contribution in [0.4, 0.5) is 17.6 Å². The molecule has 0 amide bonds. The lowest BCUT2D eigenvalue weighted by Gasteiger charge is -2.15. The van der Waals surface area contributed by atoms with Gasteiger partial charge in [0.1, 0.15) is 5.82 Å². The van der Waals surface area contributed by atoms with Crippen LogP contribution in [0.15, 0.2) is 36.5 Å². The molecule has 2 N–H and O–H groups in total. The fourth-order valence-electron chi connectivity index (χ4n) is 1.74. The van der Waals surface area contributed by atoms with E-state index in [9.17, 15) is 17.6 Å². The molecule has 7 heteroatoms. The largest absolute Gasteiger partial charge is 0.419 e. The average molecular weight is 305 g/mol. The van der Waals surface area contributed by atoms with Crippen molar-refractivity contribution in [2.45, 2.75) is 12.2 Å². The predicted molar refractivity (Wildman–Crippen MR) is 66.7 cm³/mol. The maximum atomic E-state index is 13.2. The number of alkyl halides is 3. The Hall–Kier alpha value is -1.66. The molecule has 0 spiro atoms. The van der Waals surface area contributed by atoms with Crippen molar-refractivity contribution in [1.82, 2.24) is 4.98 Å². The Kier molecular flexibility index (Phi) is 3.96. The minimum absolute atomic E-state index is 0.0827. The van der Waals surface area contributed by atoms with E-state index in [2.05, 4.69) is 4.98 Å². The Morgan fingerprint density at radius 3 is 2.50 bits per heavy atom. The van der Waals surface area contributed by atoms with Crippen LogP contribution in [-0.2, 0) is 6.18 Å². The summed E-state index contributed by atoms with van der Waals surface area (Å²) in [4.78, 5) is 3.94. The maximum Gasteiger partial charge on any atom is 0.419 e. The highest BCUT2D eigenvalue weighted by Gasteiger charge is 2.34. The molecule has 0 aliphatic carbocycles. The smallest absolute Gasteiger partial charge is 0.319 e. The third-order valence-corrected chi connectivity index (χ3v) is 3.06. The summed E-state index contributed by atoms with van der Waals surface area (Å²) >= 11 is 5.89. The molecule has 0 radical (unpaired) electrons. The topological polar surface area (TPSA) is 38.9 Å².